The summed E-state index contributed by atoms with van der Waals surface area (Å²) in [7, 11) is 0. The van der Waals surface area contributed by atoms with Gasteiger partial charge in [-0.1, -0.05) is 23.7 Å². The minimum atomic E-state index is 0.349. The molecule has 3 rings (SSSR count). The van der Waals surface area contributed by atoms with Crippen molar-refractivity contribution in [2.24, 2.45) is 0 Å². The normalized spacial score (nSPS) is 10.9. The third-order valence-corrected chi connectivity index (χ3v) is 3.10. The third kappa shape index (κ3) is 2.06. The van der Waals surface area contributed by atoms with Gasteiger partial charge in [0, 0.05) is 6.20 Å². The van der Waals surface area contributed by atoms with Gasteiger partial charge in [-0.25, -0.2) is 9.97 Å². The Morgan fingerprint density at radius 1 is 1.35 bits per heavy atom. The van der Waals surface area contributed by atoms with E-state index in [9.17, 15) is 0 Å². The molecule has 20 heavy (non-hydrogen) atoms. The fourth-order valence-corrected chi connectivity index (χ4v) is 2.27. The smallest absolute Gasteiger partial charge is 0.207 e. The first-order chi connectivity index (χ1) is 9.70. The molecule has 0 saturated carbocycles. The SMILES string of the molecule is CCOc1ccccc1-n1c(N)nc2cc(Cl)cnc21. The molecule has 0 bridgehead atoms. The quantitative estimate of drug-likeness (QED) is 0.804. The topological polar surface area (TPSA) is 66.0 Å². The number of halogens is 1. The number of pyridine rings is 1. The Morgan fingerprint density at radius 3 is 2.95 bits per heavy atom. The predicted octanol–water partition coefficient (Wildman–Crippen LogP) is 3.05. The summed E-state index contributed by atoms with van der Waals surface area (Å²) in [4.78, 5) is 8.60. The average molecular weight is 289 g/mol. The summed E-state index contributed by atoms with van der Waals surface area (Å²) in [5.41, 5.74) is 8.13. The van der Waals surface area contributed by atoms with E-state index >= 15 is 0 Å². The fraction of sp³-hybridized carbons (Fsp3) is 0.143. The van der Waals surface area contributed by atoms with Gasteiger partial charge >= 0.3 is 0 Å². The van der Waals surface area contributed by atoms with Gasteiger partial charge in [0.15, 0.2) is 5.65 Å². The van der Waals surface area contributed by atoms with Gasteiger partial charge < -0.3 is 10.5 Å². The Labute approximate surface area is 121 Å². The van der Waals surface area contributed by atoms with Crippen LogP contribution < -0.4 is 10.5 Å². The monoisotopic (exact) mass is 288 g/mol. The third-order valence-electron chi connectivity index (χ3n) is 2.90. The van der Waals surface area contributed by atoms with Gasteiger partial charge in [-0.15, -0.1) is 0 Å². The van der Waals surface area contributed by atoms with E-state index in [4.69, 9.17) is 22.1 Å². The number of ether oxygens (including phenoxy) is 1. The number of nitrogen functional groups attached to an aromatic ring is 1. The molecule has 0 fully saturated rings. The van der Waals surface area contributed by atoms with Crippen LogP contribution in [0.1, 0.15) is 6.92 Å². The van der Waals surface area contributed by atoms with E-state index in [1.54, 1.807) is 16.8 Å². The molecule has 0 saturated heterocycles. The van der Waals surface area contributed by atoms with Crippen molar-refractivity contribution in [2.75, 3.05) is 12.3 Å². The van der Waals surface area contributed by atoms with Crippen LogP contribution in [-0.4, -0.2) is 21.1 Å². The summed E-state index contributed by atoms with van der Waals surface area (Å²) in [5.74, 6) is 1.08. The first kappa shape index (κ1) is 12.7. The van der Waals surface area contributed by atoms with Crippen LogP contribution in [0.25, 0.3) is 16.9 Å². The van der Waals surface area contributed by atoms with E-state index < -0.39 is 0 Å². The Balaban J connectivity index is 2.27. The molecule has 0 atom stereocenters. The van der Waals surface area contributed by atoms with Crippen molar-refractivity contribution in [3.63, 3.8) is 0 Å². The van der Waals surface area contributed by atoms with Crippen LogP contribution in [0.4, 0.5) is 5.95 Å². The summed E-state index contributed by atoms with van der Waals surface area (Å²) in [6.07, 6.45) is 1.57. The molecule has 0 aliphatic rings. The molecule has 0 unspecified atom stereocenters. The lowest BCUT2D eigenvalue weighted by atomic mass is 10.3. The lowest BCUT2D eigenvalue weighted by Gasteiger charge is -2.12. The molecule has 102 valence electrons. The molecular weight excluding hydrogens is 276 g/mol. The summed E-state index contributed by atoms with van der Waals surface area (Å²) in [6, 6.07) is 9.37. The number of imidazole rings is 1. The molecule has 0 amide bonds. The second kappa shape index (κ2) is 5.02. The Bertz CT molecular complexity index is 769. The van der Waals surface area contributed by atoms with Crippen LogP contribution in [0.15, 0.2) is 36.5 Å². The summed E-state index contributed by atoms with van der Waals surface area (Å²) in [5, 5.41) is 0.528. The molecule has 0 aliphatic heterocycles. The molecule has 3 aromatic rings. The number of para-hydroxylation sites is 2. The highest BCUT2D eigenvalue weighted by Gasteiger charge is 2.14. The minimum absolute atomic E-state index is 0.349. The number of anilines is 1. The van der Waals surface area contributed by atoms with Crippen molar-refractivity contribution < 1.29 is 4.74 Å². The molecule has 2 aromatic heterocycles. The lowest BCUT2D eigenvalue weighted by Crippen LogP contribution is -2.04. The number of hydrogen-bond donors (Lipinski definition) is 1. The van der Waals surface area contributed by atoms with E-state index in [0.717, 1.165) is 11.4 Å². The highest BCUT2D eigenvalue weighted by atomic mass is 35.5. The molecule has 0 aliphatic carbocycles. The Hall–Kier alpha value is -2.27. The van der Waals surface area contributed by atoms with E-state index in [1.165, 1.54) is 0 Å². The highest BCUT2D eigenvalue weighted by molar-refractivity contribution is 6.31. The van der Waals surface area contributed by atoms with E-state index in [0.29, 0.717) is 28.7 Å². The predicted molar refractivity (Wildman–Crippen MR) is 79.5 cm³/mol. The number of hydrogen-bond acceptors (Lipinski definition) is 4. The summed E-state index contributed by atoms with van der Waals surface area (Å²) < 4.78 is 7.39. The first-order valence-electron chi connectivity index (χ1n) is 6.22. The van der Waals surface area contributed by atoms with Gasteiger partial charge in [0.25, 0.3) is 0 Å². The lowest BCUT2D eigenvalue weighted by molar-refractivity contribution is 0.339. The second-order valence-electron chi connectivity index (χ2n) is 4.20. The standard InChI is InChI=1S/C14H13ClN4O/c1-2-20-12-6-4-3-5-11(12)19-13-10(18-14(19)16)7-9(15)8-17-13/h3-8H,2H2,1H3,(H2,16,18). The van der Waals surface area contributed by atoms with Crippen LogP contribution in [0, 0.1) is 0 Å². The largest absolute Gasteiger partial charge is 0.492 e. The molecule has 2 heterocycles. The molecule has 0 spiro atoms. The number of benzene rings is 1. The maximum Gasteiger partial charge on any atom is 0.207 e. The van der Waals surface area contributed by atoms with Crippen molar-refractivity contribution in [1.29, 1.82) is 0 Å². The molecule has 2 N–H and O–H groups in total. The first-order valence-corrected chi connectivity index (χ1v) is 6.60. The molecule has 5 nitrogen and oxygen atoms in total. The van der Waals surface area contributed by atoms with Gasteiger partial charge in [-0.05, 0) is 25.1 Å². The maximum atomic E-state index is 6.01. The van der Waals surface area contributed by atoms with Crippen LogP contribution in [0.2, 0.25) is 5.02 Å². The van der Waals surface area contributed by atoms with Crippen molar-refractivity contribution in [2.45, 2.75) is 6.92 Å². The molecular formula is C14H13ClN4O. The zero-order valence-electron chi connectivity index (χ0n) is 10.9. The number of fused-ring (bicyclic) bond motifs is 1. The zero-order valence-corrected chi connectivity index (χ0v) is 11.6. The molecule has 6 heteroatoms. The fourth-order valence-electron chi connectivity index (χ4n) is 2.11. The summed E-state index contributed by atoms with van der Waals surface area (Å²) >= 11 is 5.93. The number of aromatic nitrogens is 3. The molecule has 1 aromatic carbocycles. The van der Waals surface area contributed by atoms with Crippen molar-refractivity contribution in [3.8, 4) is 11.4 Å². The maximum absolute atomic E-state index is 6.01. The van der Waals surface area contributed by atoms with Crippen LogP contribution in [0.5, 0.6) is 5.75 Å². The van der Waals surface area contributed by atoms with Gasteiger partial charge in [-0.2, -0.15) is 0 Å². The average Bonchev–Trinajstić information content (AvgIpc) is 2.75. The summed E-state index contributed by atoms with van der Waals surface area (Å²) in [6.45, 7) is 2.51. The number of nitrogens with zero attached hydrogens (tertiary/aromatic N) is 3. The zero-order chi connectivity index (χ0) is 14.1. The van der Waals surface area contributed by atoms with E-state index in [1.807, 2.05) is 31.2 Å². The van der Waals surface area contributed by atoms with Crippen LogP contribution >= 0.6 is 11.6 Å². The van der Waals surface area contributed by atoms with Crippen LogP contribution in [0.3, 0.4) is 0 Å². The van der Waals surface area contributed by atoms with Gasteiger partial charge in [0.2, 0.25) is 5.95 Å². The molecule has 0 radical (unpaired) electrons. The van der Waals surface area contributed by atoms with E-state index in [-0.39, 0.29) is 0 Å². The second-order valence-corrected chi connectivity index (χ2v) is 4.64. The Kier molecular flexibility index (Phi) is 3.20. The number of rotatable bonds is 3. The number of nitrogens with two attached hydrogens (primary N) is 1. The van der Waals surface area contributed by atoms with Crippen LogP contribution in [-0.2, 0) is 0 Å². The van der Waals surface area contributed by atoms with E-state index in [2.05, 4.69) is 9.97 Å². The van der Waals surface area contributed by atoms with Gasteiger partial charge in [-0.3, -0.25) is 4.57 Å². The highest BCUT2D eigenvalue weighted by Crippen LogP contribution is 2.29. The Morgan fingerprint density at radius 2 is 2.15 bits per heavy atom. The minimum Gasteiger partial charge on any atom is -0.492 e. The van der Waals surface area contributed by atoms with Crippen molar-refractivity contribution in [1.82, 2.24) is 14.5 Å². The van der Waals surface area contributed by atoms with Gasteiger partial charge in [0.05, 0.1) is 17.3 Å². The van der Waals surface area contributed by atoms with Crippen molar-refractivity contribution in [3.05, 3.63) is 41.6 Å². The van der Waals surface area contributed by atoms with Crippen molar-refractivity contribution >= 4 is 28.7 Å². The van der Waals surface area contributed by atoms with Gasteiger partial charge in [0.1, 0.15) is 11.3 Å².